The van der Waals surface area contributed by atoms with Gasteiger partial charge in [-0.05, 0) is 30.9 Å². The molecule has 0 aromatic carbocycles. The van der Waals surface area contributed by atoms with E-state index in [-0.39, 0.29) is 23.3 Å². The van der Waals surface area contributed by atoms with Gasteiger partial charge in [0.1, 0.15) is 11.5 Å². The molecule has 1 amide bonds. The number of anilines is 1. The number of hydrogen-bond donors (Lipinski definition) is 3. The van der Waals surface area contributed by atoms with Crippen LogP contribution in [0, 0.1) is 5.92 Å². The number of nitrogens with one attached hydrogen (secondary N) is 1. The van der Waals surface area contributed by atoms with Gasteiger partial charge in [0.25, 0.3) is 11.5 Å². The Labute approximate surface area is 160 Å². The van der Waals surface area contributed by atoms with E-state index in [1.807, 2.05) is 13.8 Å². The fraction of sp³-hybridized carbons (Fsp3) is 0.368. The van der Waals surface area contributed by atoms with E-state index in [9.17, 15) is 14.7 Å². The molecule has 0 spiro atoms. The molecule has 0 unspecified atom stereocenters. The van der Waals surface area contributed by atoms with Crippen LogP contribution >= 0.6 is 0 Å². The van der Waals surface area contributed by atoms with Gasteiger partial charge in [-0.2, -0.15) is 9.61 Å². The van der Waals surface area contributed by atoms with Crippen LogP contribution in [0.2, 0.25) is 0 Å². The summed E-state index contributed by atoms with van der Waals surface area (Å²) < 4.78 is 2.68. The standard InChI is InChI=1S/C19H22N6O3/c1-10(2)9-24-14-8-13(12-4-3-7-21-16(12)20)23-25(14)19(28)15(18(24)27)17(26)22-11-5-6-11/h3-4,7-8,10-11,28H,5-6,9H2,1-2H3,(H2,20,21)(H,22,26). The zero-order valence-corrected chi connectivity index (χ0v) is 15.7. The zero-order valence-electron chi connectivity index (χ0n) is 15.7. The first-order chi connectivity index (χ1) is 13.4. The lowest BCUT2D eigenvalue weighted by Crippen LogP contribution is -2.36. The summed E-state index contributed by atoms with van der Waals surface area (Å²) in [7, 11) is 0. The van der Waals surface area contributed by atoms with Gasteiger partial charge in [-0.1, -0.05) is 13.8 Å². The molecule has 3 aromatic heterocycles. The third-order valence-corrected chi connectivity index (χ3v) is 4.65. The van der Waals surface area contributed by atoms with E-state index in [2.05, 4.69) is 15.4 Å². The van der Waals surface area contributed by atoms with Gasteiger partial charge in [-0.25, -0.2) is 4.98 Å². The van der Waals surface area contributed by atoms with Crippen molar-refractivity contribution in [3.8, 4) is 17.1 Å². The van der Waals surface area contributed by atoms with Gasteiger partial charge in [0.2, 0.25) is 5.88 Å². The van der Waals surface area contributed by atoms with Crippen LogP contribution in [0.25, 0.3) is 16.9 Å². The van der Waals surface area contributed by atoms with Crippen molar-refractivity contribution in [2.24, 2.45) is 5.92 Å². The topological polar surface area (TPSA) is 128 Å². The molecule has 0 saturated heterocycles. The Kier molecular flexibility index (Phi) is 4.29. The summed E-state index contributed by atoms with van der Waals surface area (Å²) in [6, 6.07) is 5.21. The van der Waals surface area contributed by atoms with E-state index < -0.39 is 17.3 Å². The van der Waals surface area contributed by atoms with Crippen molar-refractivity contribution in [1.82, 2.24) is 24.5 Å². The van der Waals surface area contributed by atoms with Gasteiger partial charge >= 0.3 is 0 Å². The monoisotopic (exact) mass is 382 g/mol. The quantitative estimate of drug-likeness (QED) is 0.612. The maximum absolute atomic E-state index is 13.1. The van der Waals surface area contributed by atoms with E-state index in [0.717, 1.165) is 12.8 Å². The maximum Gasteiger partial charge on any atom is 0.270 e. The Balaban J connectivity index is 1.95. The minimum atomic E-state index is -0.581. The summed E-state index contributed by atoms with van der Waals surface area (Å²) in [6.45, 7) is 4.31. The molecule has 0 bridgehead atoms. The number of nitrogens with two attached hydrogens (primary N) is 1. The highest BCUT2D eigenvalue weighted by Gasteiger charge is 2.29. The Bertz CT molecular complexity index is 1130. The molecule has 28 heavy (non-hydrogen) atoms. The van der Waals surface area contributed by atoms with Gasteiger partial charge in [-0.15, -0.1) is 0 Å². The van der Waals surface area contributed by atoms with Crippen LogP contribution in [-0.4, -0.2) is 36.2 Å². The highest BCUT2D eigenvalue weighted by Crippen LogP contribution is 2.27. The van der Waals surface area contributed by atoms with Crippen molar-refractivity contribution in [1.29, 1.82) is 0 Å². The predicted octanol–water partition coefficient (Wildman–Crippen LogP) is 1.39. The van der Waals surface area contributed by atoms with E-state index in [0.29, 0.717) is 23.4 Å². The smallest absolute Gasteiger partial charge is 0.270 e. The number of carbonyl (C=O) groups excluding carboxylic acids is 1. The van der Waals surface area contributed by atoms with E-state index in [4.69, 9.17) is 5.73 Å². The Morgan fingerprint density at radius 3 is 2.82 bits per heavy atom. The fourth-order valence-electron chi connectivity index (χ4n) is 3.15. The van der Waals surface area contributed by atoms with Crippen molar-refractivity contribution in [2.75, 3.05) is 5.73 Å². The molecule has 1 aliphatic carbocycles. The fourth-order valence-corrected chi connectivity index (χ4v) is 3.15. The van der Waals surface area contributed by atoms with Crippen molar-refractivity contribution in [3.63, 3.8) is 0 Å². The highest BCUT2D eigenvalue weighted by atomic mass is 16.3. The molecule has 9 heteroatoms. The van der Waals surface area contributed by atoms with Crippen LogP contribution < -0.4 is 16.6 Å². The number of nitrogen functional groups attached to an aromatic ring is 1. The summed E-state index contributed by atoms with van der Waals surface area (Å²) in [5.41, 5.74) is 6.53. The first-order valence-electron chi connectivity index (χ1n) is 9.24. The van der Waals surface area contributed by atoms with Crippen molar-refractivity contribution in [3.05, 3.63) is 40.3 Å². The number of nitrogens with zero attached hydrogens (tertiary/aromatic N) is 4. The maximum atomic E-state index is 13.1. The molecule has 1 aliphatic rings. The van der Waals surface area contributed by atoms with Gasteiger partial charge < -0.3 is 16.2 Å². The van der Waals surface area contributed by atoms with E-state index >= 15 is 0 Å². The summed E-state index contributed by atoms with van der Waals surface area (Å²) in [5, 5.41) is 17.9. The van der Waals surface area contributed by atoms with Crippen molar-refractivity contribution >= 4 is 17.4 Å². The number of carbonyl (C=O) groups is 1. The molecule has 3 heterocycles. The summed E-state index contributed by atoms with van der Waals surface area (Å²) >= 11 is 0. The molecule has 0 aliphatic heterocycles. The van der Waals surface area contributed by atoms with Gasteiger partial charge in [0, 0.05) is 30.4 Å². The molecule has 146 valence electrons. The molecule has 4 N–H and O–H groups in total. The number of aromatic hydroxyl groups is 1. The number of rotatable bonds is 5. The zero-order chi connectivity index (χ0) is 20.0. The first-order valence-corrected chi connectivity index (χ1v) is 9.24. The third-order valence-electron chi connectivity index (χ3n) is 4.65. The van der Waals surface area contributed by atoms with Crippen LogP contribution in [0.1, 0.15) is 37.0 Å². The second-order valence-electron chi connectivity index (χ2n) is 7.49. The van der Waals surface area contributed by atoms with E-state index in [1.54, 1.807) is 24.4 Å². The van der Waals surface area contributed by atoms with Crippen LogP contribution in [0.4, 0.5) is 5.82 Å². The number of pyridine rings is 1. The van der Waals surface area contributed by atoms with Crippen molar-refractivity contribution in [2.45, 2.75) is 39.3 Å². The lowest BCUT2D eigenvalue weighted by Gasteiger charge is -2.14. The SMILES string of the molecule is CC(C)Cn1c(=O)c(C(=O)NC2CC2)c(O)n2nc(-c3cccnc3N)cc12. The predicted molar refractivity (Wildman–Crippen MR) is 104 cm³/mol. The second kappa shape index (κ2) is 6.66. The third kappa shape index (κ3) is 3.08. The summed E-state index contributed by atoms with van der Waals surface area (Å²) in [6.07, 6.45) is 3.32. The minimum absolute atomic E-state index is 0.0592. The number of amides is 1. The normalized spacial score (nSPS) is 14.0. The molecular weight excluding hydrogens is 360 g/mol. The first kappa shape index (κ1) is 18.0. The molecule has 1 fully saturated rings. The van der Waals surface area contributed by atoms with Crippen LogP contribution in [0.15, 0.2) is 29.2 Å². The Hall–Kier alpha value is -3.36. The molecule has 0 radical (unpaired) electrons. The largest absolute Gasteiger partial charge is 0.492 e. The van der Waals surface area contributed by atoms with Gasteiger partial charge in [0.05, 0.1) is 5.69 Å². The summed E-state index contributed by atoms with van der Waals surface area (Å²) in [4.78, 5) is 29.7. The molecule has 9 nitrogen and oxygen atoms in total. The average molecular weight is 382 g/mol. The molecule has 0 atom stereocenters. The molecule has 3 aromatic rings. The number of fused-ring (bicyclic) bond motifs is 1. The van der Waals surface area contributed by atoms with Gasteiger partial charge in [0.15, 0.2) is 5.56 Å². The second-order valence-corrected chi connectivity index (χ2v) is 7.49. The van der Waals surface area contributed by atoms with Crippen LogP contribution in [0.5, 0.6) is 5.88 Å². The molecule has 4 rings (SSSR count). The minimum Gasteiger partial charge on any atom is -0.492 e. The number of aromatic nitrogens is 4. The van der Waals surface area contributed by atoms with Crippen molar-refractivity contribution < 1.29 is 9.90 Å². The lowest BCUT2D eigenvalue weighted by atomic mass is 10.2. The number of hydrogen-bond acceptors (Lipinski definition) is 6. The highest BCUT2D eigenvalue weighted by molar-refractivity contribution is 5.96. The van der Waals surface area contributed by atoms with Crippen LogP contribution in [0.3, 0.4) is 0 Å². The van der Waals surface area contributed by atoms with Crippen LogP contribution in [-0.2, 0) is 6.54 Å². The van der Waals surface area contributed by atoms with Gasteiger partial charge in [-0.3, -0.25) is 14.2 Å². The molecular formula is C19H22N6O3. The van der Waals surface area contributed by atoms with E-state index in [1.165, 1.54) is 9.08 Å². The average Bonchev–Trinajstić information content (AvgIpc) is 3.33. The Morgan fingerprint density at radius 1 is 1.43 bits per heavy atom. The Morgan fingerprint density at radius 2 is 2.18 bits per heavy atom. The lowest BCUT2D eigenvalue weighted by molar-refractivity contribution is 0.0944. The molecule has 1 saturated carbocycles. The summed E-state index contributed by atoms with van der Waals surface area (Å²) in [5.74, 6) is -0.628.